The third kappa shape index (κ3) is 3.28. The van der Waals surface area contributed by atoms with Gasteiger partial charge in [-0.2, -0.15) is 0 Å². The Balaban J connectivity index is 1.57. The van der Waals surface area contributed by atoms with Crippen molar-refractivity contribution >= 4 is 17.5 Å². The molecule has 1 aliphatic heterocycles. The molecule has 0 bridgehead atoms. The average Bonchev–Trinajstić information content (AvgIpc) is 3.05. The van der Waals surface area contributed by atoms with Crippen LogP contribution in [0.3, 0.4) is 0 Å². The largest absolute Gasteiger partial charge is 0.360 e. The van der Waals surface area contributed by atoms with E-state index in [0.29, 0.717) is 23.1 Å². The van der Waals surface area contributed by atoms with E-state index >= 15 is 0 Å². The standard InChI is InChI=1S/C19H19N5O2/c1-12-9-17(23-26-12)22-19(25)16-10-18(21-13(2)20-16)24-8-7-14-5-3-4-6-15(14)11-24/h3-6,9-10H,7-8,11H2,1-2H3,(H,22,23,25). The molecule has 0 saturated carbocycles. The van der Waals surface area contributed by atoms with Gasteiger partial charge in [0.05, 0.1) is 0 Å². The third-order valence-electron chi connectivity index (χ3n) is 4.38. The van der Waals surface area contributed by atoms with E-state index in [-0.39, 0.29) is 5.91 Å². The maximum absolute atomic E-state index is 12.5. The Bertz CT molecular complexity index is 966. The minimum Gasteiger partial charge on any atom is -0.360 e. The predicted octanol–water partition coefficient (Wildman–Crippen LogP) is 2.90. The molecule has 0 saturated heterocycles. The van der Waals surface area contributed by atoms with E-state index in [1.54, 1.807) is 26.0 Å². The van der Waals surface area contributed by atoms with Gasteiger partial charge in [-0.25, -0.2) is 9.97 Å². The summed E-state index contributed by atoms with van der Waals surface area (Å²) in [6.45, 7) is 5.19. The minimum absolute atomic E-state index is 0.312. The van der Waals surface area contributed by atoms with E-state index in [1.165, 1.54) is 11.1 Å². The molecule has 3 aromatic rings. The number of fused-ring (bicyclic) bond motifs is 1. The smallest absolute Gasteiger partial charge is 0.275 e. The van der Waals surface area contributed by atoms with Gasteiger partial charge in [0, 0.05) is 25.2 Å². The number of rotatable bonds is 3. The molecule has 0 radical (unpaired) electrons. The molecular weight excluding hydrogens is 330 g/mol. The van der Waals surface area contributed by atoms with E-state index in [9.17, 15) is 4.79 Å². The average molecular weight is 349 g/mol. The van der Waals surface area contributed by atoms with E-state index in [0.717, 1.165) is 25.3 Å². The molecular formula is C19H19N5O2. The number of hydrogen-bond donors (Lipinski definition) is 1. The second-order valence-electron chi connectivity index (χ2n) is 6.38. The van der Waals surface area contributed by atoms with Crippen molar-refractivity contribution in [3.63, 3.8) is 0 Å². The number of nitrogens with one attached hydrogen (secondary N) is 1. The van der Waals surface area contributed by atoms with Crippen LogP contribution in [0.15, 0.2) is 40.9 Å². The van der Waals surface area contributed by atoms with Crippen molar-refractivity contribution in [1.82, 2.24) is 15.1 Å². The summed E-state index contributed by atoms with van der Waals surface area (Å²) >= 11 is 0. The zero-order valence-electron chi connectivity index (χ0n) is 14.7. The molecule has 1 aliphatic rings. The predicted molar refractivity (Wildman–Crippen MR) is 97.2 cm³/mol. The molecule has 0 atom stereocenters. The van der Waals surface area contributed by atoms with Gasteiger partial charge in [0.25, 0.3) is 5.91 Å². The van der Waals surface area contributed by atoms with Crippen LogP contribution >= 0.6 is 0 Å². The van der Waals surface area contributed by atoms with Gasteiger partial charge in [0.15, 0.2) is 5.82 Å². The lowest BCUT2D eigenvalue weighted by Crippen LogP contribution is -2.31. The summed E-state index contributed by atoms with van der Waals surface area (Å²) < 4.78 is 4.97. The Hall–Kier alpha value is -3.22. The number of aromatic nitrogens is 3. The van der Waals surface area contributed by atoms with Crippen LogP contribution < -0.4 is 10.2 Å². The number of anilines is 2. The lowest BCUT2D eigenvalue weighted by Gasteiger charge is -2.30. The highest BCUT2D eigenvalue weighted by atomic mass is 16.5. The molecule has 2 aromatic heterocycles. The SMILES string of the molecule is Cc1nc(C(=O)Nc2cc(C)on2)cc(N2CCc3ccccc3C2)n1. The lowest BCUT2D eigenvalue weighted by atomic mass is 10.00. The van der Waals surface area contributed by atoms with Gasteiger partial charge < -0.3 is 14.7 Å². The number of hydrogen-bond acceptors (Lipinski definition) is 6. The number of nitrogens with zero attached hydrogens (tertiary/aromatic N) is 4. The van der Waals surface area contributed by atoms with Gasteiger partial charge >= 0.3 is 0 Å². The van der Waals surface area contributed by atoms with Crippen LogP contribution in [0.5, 0.6) is 0 Å². The van der Waals surface area contributed by atoms with Gasteiger partial charge in [-0.1, -0.05) is 29.4 Å². The van der Waals surface area contributed by atoms with Gasteiger partial charge in [-0.3, -0.25) is 4.79 Å². The highest BCUT2D eigenvalue weighted by Crippen LogP contribution is 2.23. The van der Waals surface area contributed by atoms with Crippen LogP contribution in [-0.2, 0) is 13.0 Å². The van der Waals surface area contributed by atoms with E-state index in [4.69, 9.17) is 4.52 Å². The van der Waals surface area contributed by atoms with Gasteiger partial charge in [-0.05, 0) is 31.4 Å². The summed E-state index contributed by atoms with van der Waals surface area (Å²) in [6, 6.07) is 11.8. The van der Waals surface area contributed by atoms with Crippen LogP contribution in [0, 0.1) is 13.8 Å². The third-order valence-corrected chi connectivity index (χ3v) is 4.38. The van der Waals surface area contributed by atoms with Crippen molar-refractivity contribution < 1.29 is 9.32 Å². The van der Waals surface area contributed by atoms with Crippen LogP contribution in [0.2, 0.25) is 0 Å². The Morgan fingerprint density at radius 2 is 1.96 bits per heavy atom. The molecule has 0 spiro atoms. The molecule has 7 nitrogen and oxygen atoms in total. The first-order chi connectivity index (χ1) is 12.6. The molecule has 7 heteroatoms. The van der Waals surface area contributed by atoms with E-state index in [1.807, 2.05) is 6.07 Å². The zero-order chi connectivity index (χ0) is 18.1. The summed E-state index contributed by atoms with van der Waals surface area (Å²) in [5.74, 6) is 1.99. The first-order valence-corrected chi connectivity index (χ1v) is 8.50. The Labute approximate surface area is 151 Å². The zero-order valence-corrected chi connectivity index (χ0v) is 14.7. The topological polar surface area (TPSA) is 84.2 Å². The number of carbonyl (C=O) groups excluding carboxylic acids is 1. The van der Waals surface area contributed by atoms with Crippen molar-refractivity contribution in [3.8, 4) is 0 Å². The molecule has 4 rings (SSSR count). The van der Waals surface area contributed by atoms with Crippen molar-refractivity contribution in [1.29, 1.82) is 0 Å². The fourth-order valence-corrected chi connectivity index (χ4v) is 3.13. The van der Waals surface area contributed by atoms with Gasteiger partial charge in [0.2, 0.25) is 0 Å². The molecule has 132 valence electrons. The second kappa shape index (κ2) is 6.59. The maximum atomic E-state index is 12.5. The molecule has 1 N–H and O–H groups in total. The number of amides is 1. The molecule has 26 heavy (non-hydrogen) atoms. The lowest BCUT2D eigenvalue weighted by molar-refractivity contribution is 0.102. The minimum atomic E-state index is -0.331. The van der Waals surface area contributed by atoms with Crippen molar-refractivity contribution in [2.45, 2.75) is 26.8 Å². The summed E-state index contributed by atoms with van der Waals surface area (Å²) in [6.07, 6.45) is 0.957. The highest BCUT2D eigenvalue weighted by molar-refractivity contribution is 6.02. The van der Waals surface area contributed by atoms with E-state index < -0.39 is 0 Å². The molecule has 1 amide bonds. The fraction of sp³-hybridized carbons (Fsp3) is 0.263. The van der Waals surface area contributed by atoms with Crippen LogP contribution in [0.4, 0.5) is 11.6 Å². The molecule has 1 aromatic carbocycles. The monoisotopic (exact) mass is 349 g/mol. The second-order valence-corrected chi connectivity index (χ2v) is 6.38. The van der Waals surface area contributed by atoms with Crippen molar-refractivity contribution in [2.75, 3.05) is 16.8 Å². The first-order valence-electron chi connectivity index (χ1n) is 8.50. The number of carbonyl (C=O) groups is 1. The van der Waals surface area contributed by atoms with Crippen LogP contribution in [0.1, 0.15) is 33.2 Å². The van der Waals surface area contributed by atoms with Crippen molar-refractivity contribution in [3.05, 3.63) is 64.8 Å². The van der Waals surface area contributed by atoms with E-state index in [2.05, 4.69) is 43.5 Å². The first kappa shape index (κ1) is 16.3. The Kier molecular flexibility index (Phi) is 4.12. The molecule has 0 fully saturated rings. The van der Waals surface area contributed by atoms with Crippen LogP contribution in [-0.4, -0.2) is 27.6 Å². The van der Waals surface area contributed by atoms with Gasteiger partial charge in [0.1, 0.15) is 23.1 Å². The summed E-state index contributed by atoms with van der Waals surface area (Å²) in [5.41, 5.74) is 2.97. The summed E-state index contributed by atoms with van der Waals surface area (Å²) in [4.78, 5) is 23.5. The Morgan fingerprint density at radius 1 is 1.15 bits per heavy atom. The number of aryl methyl sites for hydroxylation is 2. The van der Waals surface area contributed by atoms with Gasteiger partial charge in [-0.15, -0.1) is 0 Å². The normalized spacial score (nSPS) is 13.4. The Morgan fingerprint density at radius 3 is 2.73 bits per heavy atom. The molecule has 0 aliphatic carbocycles. The maximum Gasteiger partial charge on any atom is 0.275 e. The summed E-state index contributed by atoms with van der Waals surface area (Å²) in [7, 11) is 0. The van der Waals surface area contributed by atoms with Crippen LogP contribution in [0.25, 0.3) is 0 Å². The quantitative estimate of drug-likeness (QED) is 0.783. The van der Waals surface area contributed by atoms with Crippen molar-refractivity contribution in [2.24, 2.45) is 0 Å². The fourth-order valence-electron chi connectivity index (χ4n) is 3.13. The molecule has 3 heterocycles. The summed E-state index contributed by atoms with van der Waals surface area (Å²) in [5, 5.41) is 6.48. The molecule has 0 unspecified atom stereocenters. The highest BCUT2D eigenvalue weighted by Gasteiger charge is 2.20. The number of benzene rings is 1.